The highest BCUT2D eigenvalue weighted by atomic mass is 35.5. The van der Waals surface area contributed by atoms with Crippen LogP contribution in [0.15, 0.2) is 54.7 Å². The summed E-state index contributed by atoms with van der Waals surface area (Å²) in [4.78, 5) is 0. The number of methoxy groups -OCH3 is 1. The molecule has 2 aromatic carbocycles. The number of ether oxygens (including phenoxy) is 1. The van der Waals surface area contributed by atoms with Gasteiger partial charge in [-0.05, 0) is 29.3 Å². The van der Waals surface area contributed by atoms with Crippen LogP contribution in [0.3, 0.4) is 0 Å². The van der Waals surface area contributed by atoms with E-state index in [1.54, 1.807) is 7.11 Å². The van der Waals surface area contributed by atoms with Gasteiger partial charge in [0.1, 0.15) is 0 Å². The monoisotopic (exact) mass is 328 g/mol. The van der Waals surface area contributed by atoms with Crippen LogP contribution in [0.2, 0.25) is 5.02 Å². The average molecular weight is 329 g/mol. The maximum atomic E-state index is 6.10. The molecule has 0 saturated heterocycles. The first-order valence-corrected chi connectivity index (χ1v) is 8.16. The lowest BCUT2D eigenvalue weighted by molar-refractivity contribution is 0.199. The number of fused-ring (bicyclic) bond motifs is 1. The van der Waals surface area contributed by atoms with Crippen molar-refractivity contribution in [1.82, 2.24) is 9.88 Å². The summed E-state index contributed by atoms with van der Waals surface area (Å²) in [5, 5.41) is 5.49. The normalized spacial score (nSPS) is 11.2. The zero-order valence-corrected chi connectivity index (χ0v) is 14.0. The maximum Gasteiger partial charge on any atom is 0.0587 e. The first-order chi connectivity index (χ1) is 11.3. The smallest absolute Gasteiger partial charge is 0.0587 e. The summed E-state index contributed by atoms with van der Waals surface area (Å²) in [6, 6.07) is 16.5. The van der Waals surface area contributed by atoms with Gasteiger partial charge in [0.2, 0.25) is 0 Å². The van der Waals surface area contributed by atoms with Crippen LogP contribution in [-0.2, 0) is 17.8 Å². The molecule has 0 saturated carbocycles. The second kappa shape index (κ2) is 7.64. The van der Waals surface area contributed by atoms with Gasteiger partial charge in [-0.3, -0.25) is 0 Å². The van der Waals surface area contributed by atoms with Crippen molar-refractivity contribution in [3.63, 3.8) is 0 Å². The number of para-hydroxylation sites is 1. The van der Waals surface area contributed by atoms with E-state index in [0.29, 0.717) is 0 Å². The SMILES string of the molecule is COCCNCc1cn(Cc2cccc(Cl)c2)c2ccccc12. The van der Waals surface area contributed by atoms with E-state index >= 15 is 0 Å². The Morgan fingerprint density at radius 1 is 1.13 bits per heavy atom. The van der Waals surface area contributed by atoms with Crippen molar-refractivity contribution in [3.8, 4) is 0 Å². The van der Waals surface area contributed by atoms with Gasteiger partial charge in [0, 0.05) is 48.9 Å². The van der Waals surface area contributed by atoms with Gasteiger partial charge in [0.25, 0.3) is 0 Å². The standard InChI is InChI=1S/C19H21ClN2O/c1-23-10-9-21-12-16-14-22(19-8-3-2-7-18(16)19)13-15-5-4-6-17(20)11-15/h2-8,11,14,21H,9-10,12-13H2,1H3. The van der Waals surface area contributed by atoms with Gasteiger partial charge in [-0.2, -0.15) is 0 Å². The Morgan fingerprint density at radius 3 is 2.83 bits per heavy atom. The molecule has 3 nitrogen and oxygen atoms in total. The molecule has 1 N–H and O–H groups in total. The molecule has 0 spiro atoms. The fourth-order valence-electron chi connectivity index (χ4n) is 2.82. The average Bonchev–Trinajstić information content (AvgIpc) is 2.90. The Bertz CT molecular complexity index is 782. The largest absolute Gasteiger partial charge is 0.383 e. The van der Waals surface area contributed by atoms with E-state index in [9.17, 15) is 0 Å². The van der Waals surface area contributed by atoms with Crippen molar-refractivity contribution >= 4 is 22.5 Å². The van der Waals surface area contributed by atoms with Gasteiger partial charge in [0.05, 0.1) is 6.61 Å². The Balaban J connectivity index is 1.85. The molecule has 0 unspecified atom stereocenters. The van der Waals surface area contributed by atoms with Gasteiger partial charge < -0.3 is 14.6 Å². The van der Waals surface area contributed by atoms with E-state index in [-0.39, 0.29) is 0 Å². The maximum absolute atomic E-state index is 6.10. The fourth-order valence-corrected chi connectivity index (χ4v) is 3.04. The van der Waals surface area contributed by atoms with Gasteiger partial charge >= 0.3 is 0 Å². The third-order valence-corrected chi connectivity index (χ3v) is 4.15. The third kappa shape index (κ3) is 3.94. The van der Waals surface area contributed by atoms with E-state index in [1.807, 2.05) is 18.2 Å². The van der Waals surface area contributed by atoms with E-state index in [1.165, 1.54) is 22.0 Å². The molecule has 1 aromatic heterocycles. The van der Waals surface area contributed by atoms with Crippen LogP contribution < -0.4 is 5.32 Å². The van der Waals surface area contributed by atoms with Crippen LogP contribution in [0.1, 0.15) is 11.1 Å². The molecule has 0 aliphatic heterocycles. The number of hydrogen-bond acceptors (Lipinski definition) is 2. The van der Waals surface area contributed by atoms with Crippen LogP contribution in [0.4, 0.5) is 0 Å². The van der Waals surface area contributed by atoms with Gasteiger partial charge in [-0.25, -0.2) is 0 Å². The van der Waals surface area contributed by atoms with Gasteiger partial charge in [0.15, 0.2) is 0 Å². The van der Waals surface area contributed by atoms with Crippen LogP contribution in [0, 0.1) is 0 Å². The molecular formula is C19H21ClN2O. The number of rotatable bonds is 7. The lowest BCUT2D eigenvalue weighted by atomic mass is 10.2. The molecule has 0 radical (unpaired) electrons. The highest BCUT2D eigenvalue weighted by Gasteiger charge is 2.08. The predicted octanol–water partition coefficient (Wildman–Crippen LogP) is 4.08. The number of benzene rings is 2. The Kier molecular flexibility index (Phi) is 5.34. The van der Waals surface area contributed by atoms with Gasteiger partial charge in [-0.15, -0.1) is 0 Å². The molecule has 4 heteroatoms. The quantitative estimate of drug-likeness (QED) is 0.661. The Labute approximate surface area is 141 Å². The molecule has 0 bridgehead atoms. The first kappa shape index (κ1) is 16.1. The topological polar surface area (TPSA) is 26.2 Å². The van der Waals surface area contributed by atoms with Crippen molar-refractivity contribution in [2.24, 2.45) is 0 Å². The number of nitrogens with zero attached hydrogens (tertiary/aromatic N) is 1. The molecule has 0 amide bonds. The zero-order chi connectivity index (χ0) is 16.1. The zero-order valence-electron chi connectivity index (χ0n) is 13.3. The fraction of sp³-hybridized carbons (Fsp3) is 0.263. The third-order valence-electron chi connectivity index (χ3n) is 3.91. The summed E-state index contributed by atoms with van der Waals surface area (Å²) in [6.45, 7) is 3.23. The molecule has 0 aliphatic rings. The minimum atomic E-state index is 0.723. The van der Waals surface area contributed by atoms with Crippen LogP contribution in [-0.4, -0.2) is 24.8 Å². The van der Waals surface area contributed by atoms with E-state index in [0.717, 1.165) is 31.3 Å². The van der Waals surface area contributed by atoms with Crippen LogP contribution in [0.5, 0.6) is 0 Å². The highest BCUT2D eigenvalue weighted by Crippen LogP contribution is 2.23. The molecule has 3 rings (SSSR count). The molecule has 23 heavy (non-hydrogen) atoms. The van der Waals surface area contributed by atoms with Crippen LogP contribution >= 0.6 is 11.6 Å². The van der Waals surface area contributed by atoms with Crippen molar-refractivity contribution < 1.29 is 4.74 Å². The second-order valence-corrected chi connectivity index (χ2v) is 6.04. The number of nitrogens with one attached hydrogen (secondary N) is 1. The minimum absolute atomic E-state index is 0.723. The van der Waals surface area contributed by atoms with Crippen molar-refractivity contribution in [2.45, 2.75) is 13.1 Å². The second-order valence-electron chi connectivity index (χ2n) is 5.60. The summed E-state index contributed by atoms with van der Waals surface area (Å²) < 4.78 is 7.37. The summed E-state index contributed by atoms with van der Waals surface area (Å²) in [6.07, 6.45) is 2.23. The van der Waals surface area contributed by atoms with Crippen LogP contribution in [0.25, 0.3) is 10.9 Å². The summed E-state index contributed by atoms with van der Waals surface area (Å²) in [5.74, 6) is 0. The highest BCUT2D eigenvalue weighted by molar-refractivity contribution is 6.30. The lowest BCUT2D eigenvalue weighted by Crippen LogP contribution is -2.18. The lowest BCUT2D eigenvalue weighted by Gasteiger charge is -2.06. The molecule has 0 atom stereocenters. The van der Waals surface area contributed by atoms with Gasteiger partial charge in [-0.1, -0.05) is 41.9 Å². The van der Waals surface area contributed by atoms with E-state index in [4.69, 9.17) is 16.3 Å². The first-order valence-electron chi connectivity index (χ1n) is 7.79. The molecule has 3 aromatic rings. The Morgan fingerprint density at radius 2 is 2.00 bits per heavy atom. The summed E-state index contributed by atoms with van der Waals surface area (Å²) >= 11 is 6.10. The predicted molar refractivity (Wildman–Crippen MR) is 96.1 cm³/mol. The minimum Gasteiger partial charge on any atom is -0.383 e. The molecular weight excluding hydrogens is 308 g/mol. The van der Waals surface area contributed by atoms with E-state index < -0.39 is 0 Å². The number of hydrogen-bond donors (Lipinski definition) is 1. The number of halogens is 1. The van der Waals surface area contributed by atoms with Crippen molar-refractivity contribution in [1.29, 1.82) is 0 Å². The molecule has 0 fully saturated rings. The van der Waals surface area contributed by atoms with Crippen molar-refractivity contribution in [2.75, 3.05) is 20.3 Å². The molecule has 120 valence electrons. The van der Waals surface area contributed by atoms with Crippen molar-refractivity contribution in [3.05, 3.63) is 70.9 Å². The summed E-state index contributed by atoms with van der Waals surface area (Å²) in [5.41, 5.74) is 3.76. The van der Waals surface area contributed by atoms with E-state index in [2.05, 4.69) is 46.4 Å². The molecule has 0 aliphatic carbocycles. The summed E-state index contributed by atoms with van der Waals surface area (Å²) in [7, 11) is 1.72. The Hall–Kier alpha value is -1.81. The molecule has 1 heterocycles. The number of aromatic nitrogens is 1.